The molecule has 0 aliphatic heterocycles. The van der Waals surface area contributed by atoms with Crippen molar-refractivity contribution in [3.63, 3.8) is 0 Å². The lowest BCUT2D eigenvalue weighted by molar-refractivity contribution is -0.143. The molecule has 0 spiro atoms. The number of aliphatic hydroxyl groups excluding tert-OH is 1. The molecule has 0 atom stereocenters. The van der Waals surface area contributed by atoms with Crippen LogP contribution < -0.4 is 4.74 Å². The van der Waals surface area contributed by atoms with Gasteiger partial charge >= 0.3 is 12.4 Å². The Balaban J connectivity index is 1.62. The highest BCUT2D eigenvalue weighted by molar-refractivity contribution is 6.30. The third-order valence-corrected chi connectivity index (χ3v) is 6.60. The van der Waals surface area contributed by atoms with Crippen LogP contribution in [-0.4, -0.2) is 27.5 Å². The molecule has 0 aliphatic carbocycles. The molecular weight excluding hydrogens is 586 g/mol. The molecule has 42 heavy (non-hydrogen) atoms. The van der Waals surface area contributed by atoms with Crippen molar-refractivity contribution in [2.45, 2.75) is 32.0 Å². The first-order valence-corrected chi connectivity index (χ1v) is 12.8. The van der Waals surface area contributed by atoms with E-state index in [9.17, 15) is 36.2 Å². The average Bonchev–Trinajstić information content (AvgIpc) is 2.96. The van der Waals surface area contributed by atoms with Gasteiger partial charge in [-0.05, 0) is 58.7 Å². The number of hydrogen-bond donors (Lipinski definition) is 1. The van der Waals surface area contributed by atoms with Gasteiger partial charge in [-0.25, -0.2) is 4.98 Å². The summed E-state index contributed by atoms with van der Waals surface area (Å²) in [5.74, 6) is -0.358. The number of hydrogen-bond acceptors (Lipinski definition) is 4. The van der Waals surface area contributed by atoms with Gasteiger partial charge in [0.25, 0.3) is 0 Å². The van der Waals surface area contributed by atoms with Crippen LogP contribution in [0.3, 0.4) is 0 Å². The van der Waals surface area contributed by atoms with Crippen LogP contribution in [0.15, 0.2) is 85.1 Å². The number of nitrogens with zero attached hydrogens (tertiary/aromatic N) is 2. The van der Waals surface area contributed by atoms with Gasteiger partial charge < -0.3 is 14.7 Å². The number of aliphatic hydroxyl groups is 1. The molecule has 1 aromatic heterocycles. The molecule has 0 radical (unpaired) electrons. The lowest BCUT2D eigenvalue weighted by Gasteiger charge is -2.25. The first-order chi connectivity index (χ1) is 19.8. The molecule has 1 N–H and O–H groups in total. The Morgan fingerprint density at radius 2 is 1.45 bits per heavy atom. The molecular formula is C30H23ClF6N2O3. The summed E-state index contributed by atoms with van der Waals surface area (Å²) in [6, 6.07) is 19.1. The Bertz CT molecular complexity index is 1500. The van der Waals surface area contributed by atoms with Crippen molar-refractivity contribution in [2.75, 3.05) is 6.61 Å². The van der Waals surface area contributed by atoms with Crippen LogP contribution in [0.1, 0.15) is 27.8 Å². The maximum atomic E-state index is 13.4. The van der Waals surface area contributed by atoms with E-state index in [1.165, 1.54) is 6.20 Å². The number of carbonyl (C=O) groups is 1. The molecule has 12 heteroatoms. The number of carbonyl (C=O) groups excluding carboxylic acids is 1. The van der Waals surface area contributed by atoms with Gasteiger partial charge in [0.15, 0.2) is 0 Å². The standard InChI is InChI=1S/C30H23ClF6N2O3/c31-28-26(25(10-11-38-28)21-6-8-24(9-7-21)42-18-19-4-2-1-3-5-19)16-39(27(41)17-40)15-20-12-22(29(32,33)34)14-23(13-20)30(35,36)37/h1-14,40H,15-18H2. The maximum Gasteiger partial charge on any atom is 0.416 e. The smallest absolute Gasteiger partial charge is 0.416 e. The Labute approximate surface area is 242 Å². The average molecular weight is 609 g/mol. The monoisotopic (exact) mass is 608 g/mol. The van der Waals surface area contributed by atoms with Crippen LogP contribution >= 0.6 is 11.6 Å². The lowest BCUT2D eigenvalue weighted by Crippen LogP contribution is -2.33. The van der Waals surface area contributed by atoms with Crippen LogP contribution in [0.2, 0.25) is 5.15 Å². The summed E-state index contributed by atoms with van der Waals surface area (Å²) in [5, 5.41) is 9.50. The van der Waals surface area contributed by atoms with Crippen molar-refractivity contribution in [3.05, 3.63) is 118 Å². The van der Waals surface area contributed by atoms with E-state index in [4.69, 9.17) is 16.3 Å². The van der Waals surface area contributed by atoms with E-state index in [0.717, 1.165) is 10.5 Å². The molecule has 0 saturated heterocycles. The first kappa shape index (κ1) is 30.9. The topological polar surface area (TPSA) is 62.7 Å². The van der Waals surface area contributed by atoms with Crippen LogP contribution in [0.4, 0.5) is 26.3 Å². The Morgan fingerprint density at radius 3 is 2.02 bits per heavy atom. The van der Waals surface area contributed by atoms with Gasteiger partial charge in [-0.15, -0.1) is 0 Å². The van der Waals surface area contributed by atoms with Gasteiger partial charge in [0.1, 0.15) is 24.1 Å². The zero-order valence-corrected chi connectivity index (χ0v) is 22.5. The molecule has 0 aliphatic rings. The molecule has 1 heterocycles. The molecule has 0 bridgehead atoms. The van der Waals surface area contributed by atoms with E-state index in [2.05, 4.69) is 4.98 Å². The molecule has 5 nitrogen and oxygen atoms in total. The van der Waals surface area contributed by atoms with Crippen molar-refractivity contribution in [1.29, 1.82) is 0 Å². The minimum absolute atomic E-state index is 0.00498. The molecule has 220 valence electrons. The number of pyridine rings is 1. The minimum Gasteiger partial charge on any atom is -0.489 e. The van der Waals surface area contributed by atoms with Gasteiger partial charge in [-0.1, -0.05) is 54.1 Å². The third kappa shape index (κ3) is 7.80. The molecule has 0 fully saturated rings. The van der Waals surface area contributed by atoms with E-state index in [-0.39, 0.29) is 23.3 Å². The van der Waals surface area contributed by atoms with E-state index in [0.29, 0.717) is 35.6 Å². The molecule has 4 rings (SSSR count). The number of benzene rings is 3. The van der Waals surface area contributed by atoms with Crippen LogP contribution in [0, 0.1) is 0 Å². The molecule has 0 unspecified atom stereocenters. The van der Waals surface area contributed by atoms with Gasteiger partial charge in [0, 0.05) is 24.8 Å². The van der Waals surface area contributed by atoms with Crippen molar-refractivity contribution < 1.29 is 41.0 Å². The summed E-state index contributed by atoms with van der Waals surface area (Å²) in [6.07, 6.45) is -8.70. The van der Waals surface area contributed by atoms with Gasteiger partial charge in [-0.2, -0.15) is 26.3 Å². The Morgan fingerprint density at radius 1 is 0.833 bits per heavy atom. The lowest BCUT2D eigenvalue weighted by atomic mass is 10.0. The number of alkyl halides is 6. The van der Waals surface area contributed by atoms with E-state index < -0.39 is 48.1 Å². The van der Waals surface area contributed by atoms with Crippen LogP contribution in [0.5, 0.6) is 5.75 Å². The van der Waals surface area contributed by atoms with Crippen LogP contribution in [-0.2, 0) is 36.8 Å². The summed E-state index contributed by atoms with van der Waals surface area (Å²) in [6.45, 7) is -1.71. The zero-order chi connectivity index (χ0) is 30.5. The normalized spacial score (nSPS) is 11.8. The van der Waals surface area contributed by atoms with Crippen molar-refractivity contribution in [2.24, 2.45) is 0 Å². The maximum absolute atomic E-state index is 13.4. The molecule has 4 aromatic rings. The number of amides is 1. The van der Waals surface area contributed by atoms with Gasteiger partial charge in [0.05, 0.1) is 11.1 Å². The third-order valence-electron chi connectivity index (χ3n) is 6.27. The zero-order valence-electron chi connectivity index (χ0n) is 21.7. The quantitative estimate of drug-likeness (QED) is 0.158. The summed E-state index contributed by atoms with van der Waals surface area (Å²) in [4.78, 5) is 17.6. The largest absolute Gasteiger partial charge is 0.489 e. The second kappa shape index (κ2) is 12.8. The van der Waals surface area contributed by atoms with Crippen molar-refractivity contribution in [1.82, 2.24) is 9.88 Å². The fourth-order valence-corrected chi connectivity index (χ4v) is 4.43. The SMILES string of the molecule is O=C(CO)N(Cc1cc(C(F)(F)F)cc(C(F)(F)F)c1)Cc1c(-c2ccc(OCc3ccccc3)cc2)ccnc1Cl. The van der Waals surface area contributed by atoms with E-state index in [1.807, 2.05) is 30.3 Å². The summed E-state index contributed by atoms with van der Waals surface area (Å²) >= 11 is 6.36. The summed E-state index contributed by atoms with van der Waals surface area (Å²) < 4.78 is 86.1. The van der Waals surface area contributed by atoms with Crippen LogP contribution in [0.25, 0.3) is 11.1 Å². The number of halogens is 7. The van der Waals surface area contributed by atoms with Gasteiger partial charge in [0.2, 0.25) is 5.91 Å². The second-order valence-corrected chi connectivity index (χ2v) is 9.61. The predicted octanol–water partition coefficient (Wildman–Crippen LogP) is 7.54. The highest BCUT2D eigenvalue weighted by Gasteiger charge is 2.37. The Hall–Kier alpha value is -4.09. The highest BCUT2D eigenvalue weighted by Crippen LogP contribution is 2.37. The fourth-order valence-electron chi connectivity index (χ4n) is 4.21. The Kier molecular flexibility index (Phi) is 9.43. The molecule has 1 amide bonds. The second-order valence-electron chi connectivity index (χ2n) is 9.25. The minimum atomic E-state index is -5.06. The molecule has 3 aromatic carbocycles. The summed E-state index contributed by atoms with van der Waals surface area (Å²) in [7, 11) is 0. The van der Waals surface area contributed by atoms with E-state index in [1.54, 1.807) is 30.3 Å². The van der Waals surface area contributed by atoms with Crippen molar-refractivity contribution >= 4 is 17.5 Å². The fraction of sp³-hybridized carbons (Fsp3) is 0.200. The van der Waals surface area contributed by atoms with Gasteiger partial charge in [-0.3, -0.25) is 4.79 Å². The van der Waals surface area contributed by atoms with Crippen molar-refractivity contribution in [3.8, 4) is 16.9 Å². The number of aromatic nitrogens is 1. The molecule has 0 saturated carbocycles. The number of rotatable bonds is 9. The summed E-state index contributed by atoms with van der Waals surface area (Å²) in [5.41, 5.74) is -1.06. The predicted molar refractivity (Wildman–Crippen MR) is 143 cm³/mol. The highest BCUT2D eigenvalue weighted by atomic mass is 35.5. The number of ether oxygens (including phenoxy) is 1. The first-order valence-electron chi connectivity index (χ1n) is 12.4. The van der Waals surface area contributed by atoms with E-state index >= 15 is 0 Å².